The number of aliphatic carboxylic acids is 1. The molecular weight excluding hydrogens is 392 g/mol. The normalized spacial score (nSPS) is 31.8. The number of aliphatic hydroxyl groups excluding tert-OH is 3. The van der Waals surface area contributed by atoms with Crippen molar-refractivity contribution in [1.82, 2.24) is 5.32 Å². The second-order valence-electron chi connectivity index (χ2n) is 7.14. The van der Waals surface area contributed by atoms with Crippen molar-refractivity contribution in [3.05, 3.63) is 35.9 Å². The van der Waals surface area contributed by atoms with Crippen LogP contribution >= 0.6 is 0 Å². The zero-order chi connectivity index (χ0) is 21.8. The molecule has 8 nitrogen and oxygen atoms in total. The van der Waals surface area contributed by atoms with E-state index in [1.165, 1.54) is 6.92 Å². The number of carbonyl (C=O) groups excluding carboxylic acids is 1. The number of halogens is 2. The van der Waals surface area contributed by atoms with E-state index in [0.717, 1.165) is 0 Å². The summed E-state index contributed by atoms with van der Waals surface area (Å²) in [7, 11) is 0. The lowest BCUT2D eigenvalue weighted by molar-refractivity contribution is -0.287. The van der Waals surface area contributed by atoms with Gasteiger partial charge in [-0.15, -0.1) is 0 Å². The molecule has 10 heteroatoms. The summed E-state index contributed by atoms with van der Waals surface area (Å²) in [5.74, 6) is -7.70. The number of ketones is 1. The highest BCUT2D eigenvalue weighted by Crippen LogP contribution is 2.40. The van der Waals surface area contributed by atoms with Crippen LogP contribution in [0.4, 0.5) is 8.78 Å². The number of ether oxygens (including phenoxy) is 1. The molecule has 1 aromatic rings. The molecule has 2 unspecified atom stereocenters. The molecule has 1 aliphatic rings. The summed E-state index contributed by atoms with van der Waals surface area (Å²) in [6, 6.07) is 7.10. The Morgan fingerprint density at radius 1 is 1.28 bits per heavy atom. The fourth-order valence-corrected chi connectivity index (χ4v) is 3.48. The van der Waals surface area contributed by atoms with Crippen LogP contribution in [0.25, 0.3) is 0 Å². The van der Waals surface area contributed by atoms with Gasteiger partial charge in [-0.1, -0.05) is 30.3 Å². The van der Waals surface area contributed by atoms with Crippen LogP contribution in [0.3, 0.4) is 0 Å². The lowest BCUT2D eigenvalue weighted by Gasteiger charge is -2.47. The van der Waals surface area contributed by atoms with Crippen molar-refractivity contribution in [1.29, 1.82) is 0 Å². The van der Waals surface area contributed by atoms with Crippen LogP contribution in [0.2, 0.25) is 0 Å². The average molecular weight is 417 g/mol. The van der Waals surface area contributed by atoms with Gasteiger partial charge in [0.2, 0.25) is 0 Å². The van der Waals surface area contributed by atoms with Crippen LogP contribution in [-0.4, -0.2) is 75.2 Å². The Hall–Kier alpha value is -1.98. The van der Waals surface area contributed by atoms with Gasteiger partial charge in [-0.2, -0.15) is 4.39 Å². The first kappa shape index (κ1) is 23.3. The minimum Gasteiger partial charge on any atom is -0.477 e. The van der Waals surface area contributed by atoms with E-state index < -0.39 is 60.7 Å². The molecule has 0 aliphatic carbocycles. The lowest BCUT2D eigenvalue weighted by atomic mass is 9.78. The maximum Gasteiger partial charge on any atom is 0.372 e. The maximum absolute atomic E-state index is 15.0. The van der Waals surface area contributed by atoms with Crippen LogP contribution < -0.4 is 5.32 Å². The summed E-state index contributed by atoms with van der Waals surface area (Å²) in [4.78, 5) is 23.1. The van der Waals surface area contributed by atoms with Crippen molar-refractivity contribution in [2.45, 2.75) is 56.3 Å². The standard InChI is InChI=1S/C19H25F2NO7/c1-10(24)7-12-14(22-8-11-5-3-2-4-6-11)17(20)19(21,18(27)28)29-16(12)15(26)13(25)9-23/h2-6,12-17,22-23,25-26H,7-9H2,1H3,(H,27,28)/t12-,13-,14+,15-,16?,17?,19-/m1/s1. The number of nitrogens with one attached hydrogen (secondary N) is 1. The molecule has 162 valence electrons. The van der Waals surface area contributed by atoms with E-state index >= 15 is 4.39 Å². The predicted molar refractivity (Wildman–Crippen MR) is 96.2 cm³/mol. The van der Waals surface area contributed by atoms with Crippen LogP contribution in [-0.2, 0) is 20.9 Å². The van der Waals surface area contributed by atoms with E-state index in [1.54, 1.807) is 30.3 Å². The number of hydrogen-bond donors (Lipinski definition) is 5. The fraction of sp³-hybridized carbons (Fsp3) is 0.579. The fourth-order valence-electron chi connectivity index (χ4n) is 3.48. The number of benzene rings is 1. The summed E-state index contributed by atoms with van der Waals surface area (Å²) >= 11 is 0. The van der Waals surface area contributed by atoms with Crippen molar-refractivity contribution in [3.63, 3.8) is 0 Å². The van der Waals surface area contributed by atoms with E-state index in [9.17, 15) is 29.3 Å². The Labute approximate surface area is 166 Å². The van der Waals surface area contributed by atoms with Crippen molar-refractivity contribution >= 4 is 11.8 Å². The summed E-state index contributed by atoms with van der Waals surface area (Å²) in [6.45, 7) is 0.296. The molecule has 29 heavy (non-hydrogen) atoms. The van der Waals surface area contributed by atoms with Crippen molar-refractivity contribution in [2.24, 2.45) is 5.92 Å². The molecule has 1 fully saturated rings. The molecule has 0 spiro atoms. The monoisotopic (exact) mass is 417 g/mol. The number of Topliss-reactive ketones (excluding diaryl/α,β-unsaturated/α-hetero) is 1. The van der Waals surface area contributed by atoms with Crippen LogP contribution in [0, 0.1) is 5.92 Å². The number of carboxylic acids is 1. The molecule has 1 aromatic carbocycles. The first-order chi connectivity index (χ1) is 13.6. The van der Waals surface area contributed by atoms with Gasteiger partial charge in [0, 0.05) is 18.9 Å². The smallest absolute Gasteiger partial charge is 0.372 e. The molecule has 2 rings (SSSR count). The van der Waals surface area contributed by atoms with Gasteiger partial charge in [-0.25, -0.2) is 9.18 Å². The number of alkyl halides is 2. The molecule has 0 radical (unpaired) electrons. The Bertz CT molecular complexity index is 707. The van der Waals surface area contributed by atoms with E-state index in [4.69, 9.17) is 9.84 Å². The van der Waals surface area contributed by atoms with E-state index in [0.29, 0.717) is 5.56 Å². The molecule has 0 aromatic heterocycles. The molecule has 1 aliphatic heterocycles. The summed E-state index contributed by atoms with van der Waals surface area (Å²) in [6.07, 6.45) is -8.60. The average Bonchev–Trinajstić information content (AvgIpc) is 2.69. The zero-order valence-electron chi connectivity index (χ0n) is 15.7. The molecule has 0 saturated carbocycles. The number of carbonyl (C=O) groups is 2. The SMILES string of the molecule is CC(=O)C[C@H]1C([C@H](O)[C@H](O)CO)O[C@@](F)(C(=O)O)C(F)[C@H]1NCc1ccccc1. The van der Waals surface area contributed by atoms with Crippen LogP contribution in [0.5, 0.6) is 0 Å². The topological polar surface area (TPSA) is 136 Å². The summed E-state index contributed by atoms with van der Waals surface area (Å²) in [5, 5.41) is 41.0. The first-order valence-electron chi connectivity index (χ1n) is 9.09. The van der Waals surface area contributed by atoms with E-state index in [-0.39, 0.29) is 13.0 Å². The Morgan fingerprint density at radius 3 is 2.41 bits per heavy atom. The molecule has 5 N–H and O–H groups in total. The van der Waals surface area contributed by atoms with Gasteiger partial charge in [-0.3, -0.25) is 0 Å². The third-order valence-electron chi connectivity index (χ3n) is 4.98. The highest BCUT2D eigenvalue weighted by Gasteiger charge is 2.62. The van der Waals surface area contributed by atoms with Crippen LogP contribution in [0.1, 0.15) is 18.9 Å². The van der Waals surface area contributed by atoms with Gasteiger partial charge in [0.15, 0.2) is 6.17 Å². The van der Waals surface area contributed by atoms with Gasteiger partial charge < -0.3 is 35.3 Å². The Kier molecular flexibility index (Phi) is 7.78. The minimum absolute atomic E-state index is 0.0292. The Morgan fingerprint density at radius 2 is 1.90 bits per heavy atom. The highest BCUT2D eigenvalue weighted by molar-refractivity contribution is 5.78. The molecule has 1 saturated heterocycles. The number of carboxylic acid groups (broad SMARTS) is 1. The molecule has 0 bridgehead atoms. The van der Waals surface area contributed by atoms with E-state index in [2.05, 4.69) is 5.32 Å². The number of hydrogen-bond acceptors (Lipinski definition) is 7. The minimum atomic E-state index is -3.82. The van der Waals surface area contributed by atoms with Crippen molar-refractivity contribution in [3.8, 4) is 0 Å². The summed E-state index contributed by atoms with van der Waals surface area (Å²) < 4.78 is 34.8. The first-order valence-corrected chi connectivity index (χ1v) is 9.09. The third kappa shape index (κ3) is 5.14. The molecule has 7 atom stereocenters. The van der Waals surface area contributed by atoms with Gasteiger partial charge >= 0.3 is 11.8 Å². The second-order valence-corrected chi connectivity index (χ2v) is 7.14. The summed E-state index contributed by atoms with van der Waals surface area (Å²) in [5.41, 5.74) is 0.694. The maximum atomic E-state index is 15.0. The third-order valence-corrected chi connectivity index (χ3v) is 4.98. The number of aliphatic hydroxyl groups is 3. The highest BCUT2D eigenvalue weighted by atomic mass is 19.2. The number of rotatable bonds is 9. The van der Waals surface area contributed by atoms with Crippen LogP contribution in [0.15, 0.2) is 30.3 Å². The molecule has 1 heterocycles. The molecular formula is C19H25F2NO7. The van der Waals surface area contributed by atoms with E-state index in [1.807, 2.05) is 0 Å². The van der Waals surface area contributed by atoms with Gasteiger partial charge in [0.05, 0.1) is 18.8 Å². The quantitative estimate of drug-likeness (QED) is 0.377. The largest absolute Gasteiger partial charge is 0.477 e. The van der Waals surface area contributed by atoms with Gasteiger partial charge in [-0.05, 0) is 12.5 Å². The van der Waals surface area contributed by atoms with Crippen molar-refractivity contribution < 1.29 is 43.5 Å². The van der Waals surface area contributed by atoms with Gasteiger partial charge in [0.1, 0.15) is 18.0 Å². The van der Waals surface area contributed by atoms with Gasteiger partial charge in [0.25, 0.3) is 0 Å². The Balaban J connectivity index is 2.41. The van der Waals surface area contributed by atoms with Crippen molar-refractivity contribution in [2.75, 3.05) is 6.61 Å². The zero-order valence-corrected chi connectivity index (χ0v) is 15.7. The lowest BCUT2D eigenvalue weighted by Crippen LogP contribution is -2.68. The second kappa shape index (κ2) is 9.68. The predicted octanol–water partition coefficient (Wildman–Crippen LogP) is -0.0585. The molecule has 0 amide bonds.